The first-order chi connectivity index (χ1) is 10.5. The number of aryl methyl sites for hydroxylation is 2. The molecule has 0 bridgehead atoms. The summed E-state index contributed by atoms with van der Waals surface area (Å²) in [5, 5.41) is 2.85. The number of hydrogen-bond donors (Lipinski definition) is 2. The topological polar surface area (TPSA) is 81.2 Å². The van der Waals surface area contributed by atoms with Gasteiger partial charge in [-0.3, -0.25) is 4.79 Å². The van der Waals surface area contributed by atoms with Crippen LogP contribution in [0.4, 0.5) is 5.69 Å². The van der Waals surface area contributed by atoms with Crippen LogP contribution < -0.4 is 11.1 Å². The van der Waals surface area contributed by atoms with Gasteiger partial charge in [-0.15, -0.1) is 12.4 Å². The zero-order valence-electron chi connectivity index (χ0n) is 13.5. The second-order valence-corrected chi connectivity index (χ2v) is 6.19. The van der Waals surface area contributed by atoms with E-state index >= 15 is 0 Å². The molecule has 2 rings (SSSR count). The number of amides is 1. The Bertz CT molecular complexity index is 661. The van der Waals surface area contributed by atoms with Crippen molar-refractivity contribution in [2.24, 2.45) is 5.73 Å². The fourth-order valence-corrected chi connectivity index (χ4v) is 2.51. The van der Waals surface area contributed by atoms with Gasteiger partial charge in [-0.1, -0.05) is 6.07 Å². The molecular formula is C16H22ClN3O2S. The van der Waals surface area contributed by atoms with Crippen LogP contribution >= 0.6 is 24.2 Å². The Morgan fingerprint density at radius 3 is 2.78 bits per heavy atom. The molecule has 23 heavy (non-hydrogen) atoms. The Kier molecular flexibility index (Phi) is 7.61. The number of thioether (sulfide) groups is 1. The highest BCUT2D eigenvalue weighted by Crippen LogP contribution is 2.26. The van der Waals surface area contributed by atoms with E-state index in [1.165, 1.54) is 0 Å². The third kappa shape index (κ3) is 5.27. The van der Waals surface area contributed by atoms with E-state index in [1.54, 1.807) is 18.0 Å². The molecule has 0 aliphatic carbocycles. The van der Waals surface area contributed by atoms with Crippen molar-refractivity contribution >= 4 is 35.8 Å². The Morgan fingerprint density at radius 1 is 1.43 bits per heavy atom. The lowest BCUT2D eigenvalue weighted by atomic mass is 10.1. The van der Waals surface area contributed by atoms with Crippen LogP contribution in [0, 0.1) is 13.8 Å². The number of anilines is 1. The molecule has 126 valence electrons. The summed E-state index contributed by atoms with van der Waals surface area (Å²) in [5.74, 6) is 1.24. The molecule has 3 N–H and O–H groups in total. The molecule has 1 amide bonds. The van der Waals surface area contributed by atoms with E-state index in [2.05, 4.69) is 10.3 Å². The number of benzene rings is 1. The van der Waals surface area contributed by atoms with E-state index in [-0.39, 0.29) is 18.3 Å². The summed E-state index contributed by atoms with van der Waals surface area (Å²) in [6, 6.07) is 5.15. The number of carbonyl (C=O) groups excluding carboxylic acids is 1. The summed E-state index contributed by atoms with van der Waals surface area (Å²) < 4.78 is 5.44. The maximum Gasteiger partial charge on any atom is 0.241 e. The number of carbonyl (C=O) groups is 1. The number of aromatic nitrogens is 1. The van der Waals surface area contributed by atoms with Gasteiger partial charge in [0.25, 0.3) is 0 Å². The van der Waals surface area contributed by atoms with Gasteiger partial charge in [0, 0.05) is 11.3 Å². The number of halogens is 1. The zero-order valence-corrected chi connectivity index (χ0v) is 15.1. The smallest absolute Gasteiger partial charge is 0.241 e. The van der Waals surface area contributed by atoms with Gasteiger partial charge < -0.3 is 15.5 Å². The second-order valence-electron chi connectivity index (χ2n) is 5.20. The maximum absolute atomic E-state index is 12.1. The van der Waals surface area contributed by atoms with Gasteiger partial charge in [-0.25, -0.2) is 4.98 Å². The highest BCUT2D eigenvalue weighted by atomic mass is 35.5. The summed E-state index contributed by atoms with van der Waals surface area (Å²) in [5.41, 5.74) is 9.29. The summed E-state index contributed by atoms with van der Waals surface area (Å²) in [6.45, 7) is 3.85. The summed E-state index contributed by atoms with van der Waals surface area (Å²) in [4.78, 5) is 16.4. The molecule has 0 saturated carbocycles. The first-order valence-electron chi connectivity index (χ1n) is 7.10. The number of hydrogen-bond acceptors (Lipinski definition) is 5. The van der Waals surface area contributed by atoms with Crippen molar-refractivity contribution in [2.45, 2.75) is 26.3 Å². The molecule has 0 unspecified atom stereocenters. The molecule has 0 aliphatic rings. The Balaban J connectivity index is 0.00000264. The molecule has 5 nitrogen and oxygen atoms in total. The molecule has 0 aliphatic heterocycles. The largest absolute Gasteiger partial charge is 0.444 e. The number of nitrogens with one attached hydrogen (secondary N) is 1. The van der Waals surface area contributed by atoms with Gasteiger partial charge in [-0.2, -0.15) is 11.8 Å². The Labute approximate surface area is 146 Å². The minimum atomic E-state index is -0.499. The highest BCUT2D eigenvalue weighted by molar-refractivity contribution is 7.98. The summed E-state index contributed by atoms with van der Waals surface area (Å²) >= 11 is 1.68. The zero-order chi connectivity index (χ0) is 16.1. The molecule has 2 aromatic rings. The number of nitrogens with two attached hydrogens (primary N) is 1. The van der Waals surface area contributed by atoms with Gasteiger partial charge >= 0.3 is 0 Å². The average Bonchev–Trinajstić information content (AvgIpc) is 2.93. The van der Waals surface area contributed by atoms with Crippen molar-refractivity contribution in [3.63, 3.8) is 0 Å². The van der Waals surface area contributed by atoms with Crippen LogP contribution in [-0.4, -0.2) is 28.9 Å². The fourth-order valence-electron chi connectivity index (χ4n) is 2.02. The Morgan fingerprint density at radius 2 is 2.17 bits per heavy atom. The predicted octanol–water partition coefficient (Wildman–Crippen LogP) is 3.40. The average molecular weight is 356 g/mol. The van der Waals surface area contributed by atoms with E-state index in [0.717, 1.165) is 22.6 Å². The number of rotatable bonds is 6. The summed E-state index contributed by atoms with van der Waals surface area (Å²) in [6.07, 6.45) is 4.26. The van der Waals surface area contributed by atoms with Crippen LogP contribution in [0.15, 0.2) is 28.9 Å². The van der Waals surface area contributed by atoms with Crippen molar-refractivity contribution < 1.29 is 9.21 Å². The lowest BCUT2D eigenvalue weighted by molar-refractivity contribution is -0.117. The molecule has 1 aromatic carbocycles. The number of oxazole rings is 1. The third-order valence-electron chi connectivity index (χ3n) is 3.32. The van der Waals surface area contributed by atoms with Crippen LogP contribution in [0.5, 0.6) is 0 Å². The van der Waals surface area contributed by atoms with Gasteiger partial charge in [0.05, 0.1) is 11.7 Å². The number of nitrogens with zero attached hydrogens (tertiary/aromatic N) is 1. The van der Waals surface area contributed by atoms with Gasteiger partial charge in [-0.05, 0) is 50.0 Å². The molecular weight excluding hydrogens is 334 g/mol. The molecule has 0 fully saturated rings. The van der Waals surface area contributed by atoms with E-state index in [9.17, 15) is 4.79 Å². The van der Waals surface area contributed by atoms with Crippen molar-refractivity contribution in [3.05, 3.63) is 35.7 Å². The van der Waals surface area contributed by atoms with Crippen LogP contribution in [0.2, 0.25) is 0 Å². The molecule has 7 heteroatoms. The van der Waals surface area contributed by atoms with Gasteiger partial charge in [0.1, 0.15) is 6.26 Å². The fraction of sp³-hybridized carbons (Fsp3) is 0.375. The van der Waals surface area contributed by atoms with Crippen molar-refractivity contribution in [1.82, 2.24) is 4.98 Å². The standard InChI is InChI=1S/C16H21N3O2S.ClH/c1-10-4-5-12(19-15(20)14(17)6-7-22-3)8-13(10)16-18-11(2)9-21-16;/h4-5,8-9,14H,6-7,17H2,1-3H3,(H,19,20);1H/t14-;/m0./s1. The van der Waals surface area contributed by atoms with Crippen LogP contribution in [0.25, 0.3) is 11.5 Å². The molecule has 0 radical (unpaired) electrons. The van der Waals surface area contributed by atoms with E-state index in [4.69, 9.17) is 10.2 Å². The van der Waals surface area contributed by atoms with E-state index in [0.29, 0.717) is 18.0 Å². The van der Waals surface area contributed by atoms with Crippen LogP contribution in [0.3, 0.4) is 0 Å². The Hall–Kier alpha value is -1.50. The SMILES string of the molecule is CSCC[C@H](N)C(=O)Nc1ccc(C)c(-c2nc(C)co2)c1.Cl. The highest BCUT2D eigenvalue weighted by Gasteiger charge is 2.15. The van der Waals surface area contributed by atoms with Gasteiger partial charge in [0.2, 0.25) is 11.8 Å². The second kappa shape index (κ2) is 8.96. The summed E-state index contributed by atoms with van der Waals surface area (Å²) in [7, 11) is 0. The molecule has 0 saturated heterocycles. The predicted molar refractivity (Wildman–Crippen MR) is 98.3 cm³/mol. The first-order valence-corrected chi connectivity index (χ1v) is 8.49. The molecule has 1 atom stereocenters. The van der Waals surface area contributed by atoms with Crippen LogP contribution in [0.1, 0.15) is 17.7 Å². The van der Waals surface area contributed by atoms with Crippen molar-refractivity contribution in [1.29, 1.82) is 0 Å². The first kappa shape index (κ1) is 19.5. The normalized spacial score (nSPS) is 11.7. The van der Waals surface area contributed by atoms with Crippen molar-refractivity contribution in [2.75, 3.05) is 17.3 Å². The van der Waals surface area contributed by atoms with Gasteiger partial charge in [0.15, 0.2) is 0 Å². The minimum Gasteiger partial charge on any atom is -0.444 e. The minimum absolute atomic E-state index is 0. The van der Waals surface area contributed by atoms with Crippen molar-refractivity contribution in [3.8, 4) is 11.5 Å². The lowest BCUT2D eigenvalue weighted by Gasteiger charge is -2.12. The molecule has 1 aromatic heterocycles. The monoisotopic (exact) mass is 355 g/mol. The maximum atomic E-state index is 12.1. The molecule has 0 spiro atoms. The lowest BCUT2D eigenvalue weighted by Crippen LogP contribution is -2.36. The molecule has 1 heterocycles. The quantitative estimate of drug-likeness (QED) is 0.830. The third-order valence-corrected chi connectivity index (χ3v) is 3.97. The van der Waals surface area contributed by atoms with E-state index in [1.807, 2.05) is 38.3 Å². The van der Waals surface area contributed by atoms with Crippen LogP contribution in [-0.2, 0) is 4.79 Å². The van der Waals surface area contributed by atoms with E-state index < -0.39 is 6.04 Å².